The maximum atomic E-state index is 2.65. The average molecular weight is 295 g/mol. The molecule has 0 radical (unpaired) electrons. The molecule has 3 saturated heterocycles. The molecule has 1 aliphatic carbocycles. The average Bonchev–Trinajstić information content (AvgIpc) is 2.92. The van der Waals surface area contributed by atoms with Crippen molar-refractivity contribution < 1.29 is 0 Å². The highest BCUT2D eigenvalue weighted by molar-refractivity contribution is 7.11. The fourth-order valence-electron chi connectivity index (χ4n) is 3.94. The van der Waals surface area contributed by atoms with Crippen molar-refractivity contribution in [3.05, 3.63) is 64.4 Å². The topological polar surface area (TPSA) is 3.24 Å². The number of thiophene rings is 1. The van der Waals surface area contributed by atoms with Crippen LogP contribution in [0.3, 0.4) is 0 Å². The second-order valence-corrected chi connectivity index (χ2v) is 7.14. The minimum Gasteiger partial charge on any atom is -0.303 e. The third-order valence-corrected chi connectivity index (χ3v) is 5.91. The molecule has 0 spiro atoms. The summed E-state index contributed by atoms with van der Waals surface area (Å²) in [6.45, 7) is 3.86. The quantitative estimate of drug-likeness (QED) is 0.775. The summed E-state index contributed by atoms with van der Waals surface area (Å²) in [6.07, 6.45) is 15.9. The van der Waals surface area contributed by atoms with Gasteiger partial charge in [0.2, 0.25) is 0 Å². The van der Waals surface area contributed by atoms with Crippen molar-refractivity contribution in [2.75, 3.05) is 19.6 Å². The molecule has 2 heteroatoms. The smallest absolute Gasteiger partial charge is 0.0311 e. The molecule has 3 aliphatic heterocycles. The monoisotopic (exact) mass is 295 g/mol. The summed E-state index contributed by atoms with van der Waals surface area (Å²) in [5, 5.41) is 2.21. The molecule has 1 aromatic rings. The van der Waals surface area contributed by atoms with Gasteiger partial charge < -0.3 is 4.90 Å². The number of rotatable bonds is 2. The summed E-state index contributed by atoms with van der Waals surface area (Å²) >= 11 is 1.89. The molecule has 0 saturated carbocycles. The highest BCUT2D eigenvalue weighted by Crippen LogP contribution is 2.43. The Kier molecular flexibility index (Phi) is 3.66. The van der Waals surface area contributed by atoms with Crippen molar-refractivity contribution in [2.45, 2.75) is 12.8 Å². The van der Waals surface area contributed by atoms with Crippen molar-refractivity contribution in [1.82, 2.24) is 4.90 Å². The summed E-state index contributed by atoms with van der Waals surface area (Å²) in [7, 11) is 0. The van der Waals surface area contributed by atoms with Crippen molar-refractivity contribution in [2.24, 2.45) is 11.8 Å². The lowest BCUT2D eigenvalue weighted by atomic mass is 9.73. The number of hydrogen-bond donors (Lipinski definition) is 0. The molecule has 1 atom stereocenters. The van der Waals surface area contributed by atoms with Gasteiger partial charge in [0, 0.05) is 17.3 Å². The van der Waals surface area contributed by atoms with Crippen molar-refractivity contribution in [3.8, 4) is 0 Å². The lowest BCUT2D eigenvalue weighted by Crippen LogP contribution is -2.47. The number of hydrogen-bond acceptors (Lipinski definition) is 2. The molecule has 4 aliphatic rings. The van der Waals surface area contributed by atoms with E-state index in [0.29, 0.717) is 5.92 Å². The number of fused-ring (bicyclic) bond motifs is 3. The normalized spacial score (nSPS) is 30.7. The fourth-order valence-corrected chi connectivity index (χ4v) is 4.80. The first-order valence-corrected chi connectivity index (χ1v) is 8.81. The Hall–Kier alpha value is -1.38. The lowest BCUT2D eigenvalue weighted by Gasteiger charge is -2.46. The second-order valence-electron chi connectivity index (χ2n) is 6.19. The van der Waals surface area contributed by atoms with Crippen molar-refractivity contribution >= 4 is 16.9 Å². The zero-order valence-corrected chi connectivity index (χ0v) is 13.1. The largest absolute Gasteiger partial charge is 0.303 e. The molecule has 1 nitrogen and oxygen atoms in total. The summed E-state index contributed by atoms with van der Waals surface area (Å²) in [5.41, 5.74) is 2.98. The maximum absolute atomic E-state index is 2.65. The van der Waals surface area contributed by atoms with Crippen LogP contribution in [0.1, 0.15) is 17.7 Å². The highest BCUT2D eigenvalue weighted by atomic mass is 32.1. The predicted octanol–water partition coefficient (Wildman–Crippen LogP) is 4.53. The molecule has 4 heterocycles. The number of allylic oxidation sites excluding steroid dienone is 7. The first-order valence-electron chi connectivity index (χ1n) is 7.93. The van der Waals surface area contributed by atoms with Gasteiger partial charge in [-0.1, -0.05) is 42.5 Å². The molecular formula is C19H21NS. The fraction of sp³-hybridized carbons (Fsp3) is 0.368. The molecule has 0 aromatic carbocycles. The molecule has 0 amide bonds. The van der Waals surface area contributed by atoms with Gasteiger partial charge in [-0.05, 0) is 54.4 Å². The minimum atomic E-state index is 0.702. The number of piperidine rings is 3. The van der Waals surface area contributed by atoms with Crippen LogP contribution in [0, 0.1) is 11.8 Å². The van der Waals surface area contributed by atoms with E-state index in [1.807, 2.05) is 11.3 Å². The van der Waals surface area contributed by atoms with Crippen LogP contribution in [0.25, 0.3) is 5.57 Å². The molecule has 3 fully saturated rings. The third kappa shape index (κ3) is 2.58. The van der Waals surface area contributed by atoms with Gasteiger partial charge in [-0.3, -0.25) is 0 Å². The van der Waals surface area contributed by atoms with Gasteiger partial charge in [-0.15, -0.1) is 11.3 Å². The van der Waals surface area contributed by atoms with Gasteiger partial charge in [-0.2, -0.15) is 0 Å². The van der Waals surface area contributed by atoms with E-state index in [1.165, 1.54) is 42.9 Å². The molecule has 1 aromatic heterocycles. The van der Waals surface area contributed by atoms with Gasteiger partial charge in [0.05, 0.1) is 0 Å². The standard InChI is InChI=1S/C19H21NS/c1-2-4-7-16(6-3-1)19(18-8-5-13-21-18)17-14-20-11-9-15(17)10-12-20/h1-8,13,15,17H,9-12,14H2. The molecule has 1 unspecified atom stereocenters. The van der Waals surface area contributed by atoms with Crippen LogP contribution in [-0.2, 0) is 0 Å². The molecule has 21 heavy (non-hydrogen) atoms. The van der Waals surface area contributed by atoms with Crippen LogP contribution in [0.2, 0.25) is 0 Å². The van der Waals surface area contributed by atoms with E-state index in [0.717, 1.165) is 5.92 Å². The molecule has 108 valence electrons. The van der Waals surface area contributed by atoms with E-state index < -0.39 is 0 Å². The number of nitrogens with zero attached hydrogens (tertiary/aromatic N) is 1. The summed E-state index contributed by atoms with van der Waals surface area (Å²) in [5.74, 6) is 1.58. The van der Waals surface area contributed by atoms with Crippen LogP contribution in [0.4, 0.5) is 0 Å². The van der Waals surface area contributed by atoms with Gasteiger partial charge in [0.15, 0.2) is 0 Å². The van der Waals surface area contributed by atoms with Crippen LogP contribution in [0.5, 0.6) is 0 Å². The summed E-state index contributed by atoms with van der Waals surface area (Å²) in [4.78, 5) is 4.11. The summed E-state index contributed by atoms with van der Waals surface area (Å²) in [6, 6.07) is 4.48. The van der Waals surface area contributed by atoms with Crippen LogP contribution in [0.15, 0.2) is 59.5 Å². The lowest BCUT2D eigenvalue weighted by molar-refractivity contribution is 0.0780. The molecular weight excluding hydrogens is 274 g/mol. The van der Waals surface area contributed by atoms with E-state index in [4.69, 9.17) is 0 Å². The first-order chi connectivity index (χ1) is 10.4. The van der Waals surface area contributed by atoms with Crippen molar-refractivity contribution in [1.29, 1.82) is 0 Å². The molecule has 0 N–H and O–H groups in total. The maximum Gasteiger partial charge on any atom is 0.0311 e. The predicted molar refractivity (Wildman–Crippen MR) is 91.3 cm³/mol. The third-order valence-electron chi connectivity index (χ3n) is 5.01. The minimum absolute atomic E-state index is 0.702. The van der Waals surface area contributed by atoms with Gasteiger partial charge in [0.1, 0.15) is 0 Å². The Morgan fingerprint density at radius 2 is 1.81 bits per heavy atom. The zero-order chi connectivity index (χ0) is 14.1. The van der Waals surface area contributed by atoms with E-state index in [1.54, 1.807) is 5.57 Å². The zero-order valence-electron chi connectivity index (χ0n) is 12.2. The van der Waals surface area contributed by atoms with E-state index in [-0.39, 0.29) is 0 Å². The Morgan fingerprint density at radius 1 is 1.05 bits per heavy atom. The summed E-state index contributed by atoms with van der Waals surface area (Å²) < 4.78 is 0. The van der Waals surface area contributed by atoms with Gasteiger partial charge in [-0.25, -0.2) is 0 Å². The van der Waals surface area contributed by atoms with E-state index in [2.05, 4.69) is 58.9 Å². The Labute approximate surface area is 131 Å². The van der Waals surface area contributed by atoms with Crippen LogP contribution >= 0.6 is 11.3 Å². The highest BCUT2D eigenvalue weighted by Gasteiger charge is 2.37. The SMILES string of the molecule is C1=CC=CC(=C(c2cccs2)C2CN3CCC2CC3)C=C1. The van der Waals surface area contributed by atoms with Crippen LogP contribution in [-0.4, -0.2) is 24.5 Å². The Balaban J connectivity index is 1.79. The van der Waals surface area contributed by atoms with E-state index in [9.17, 15) is 0 Å². The second kappa shape index (κ2) is 5.78. The van der Waals surface area contributed by atoms with Gasteiger partial charge >= 0.3 is 0 Å². The van der Waals surface area contributed by atoms with Crippen molar-refractivity contribution in [3.63, 3.8) is 0 Å². The Morgan fingerprint density at radius 3 is 2.38 bits per heavy atom. The van der Waals surface area contributed by atoms with E-state index >= 15 is 0 Å². The van der Waals surface area contributed by atoms with Gasteiger partial charge in [0.25, 0.3) is 0 Å². The molecule has 5 rings (SSSR count). The first kappa shape index (κ1) is 13.3. The molecule has 2 bridgehead atoms. The van der Waals surface area contributed by atoms with Crippen LogP contribution < -0.4 is 0 Å². The Bertz CT molecular complexity index is 592.